The van der Waals surface area contributed by atoms with E-state index in [0.29, 0.717) is 5.69 Å². The Morgan fingerprint density at radius 3 is 2.33 bits per heavy atom. The molecule has 0 aliphatic carbocycles. The Hall–Kier alpha value is -2.41. The molecule has 0 spiro atoms. The quantitative estimate of drug-likeness (QED) is 0.940. The number of sulfonamides is 1. The van der Waals surface area contributed by atoms with Crippen molar-refractivity contribution in [1.29, 1.82) is 0 Å². The van der Waals surface area contributed by atoms with Crippen LogP contribution >= 0.6 is 0 Å². The van der Waals surface area contributed by atoms with Crippen LogP contribution in [0.15, 0.2) is 53.4 Å². The van der Waals surface area contributed by atoms with Crippen molar-refractivity contribution in [3.8, 4) is 0 Å². The summed E-state index contributed by atoms with van der Waals surface area (Å²) in [5.41, 5.74) is -0.267. The second-order valence-electron chi connectivity index (χ2n) is 4.25. The number of aromatic carboxylic acids is 1. The molecule has 0 fully saturated rings. The molecule has 1 N–H and O–H groups in total. The third-order valence-corrected chi connectivity index (χ3v) is 4.73. The smallest absolute Gasteiger partial charge is 0.338 e. The van der Waals surface area contributed by atoms with Gasteiger partial charge in [0.25, 0.3) is 10.0 Å². The highest BCUT2D eigenvalue weighted by atomic mass is 32.2. The zero-order chi connectivity index (χ0) is 15.6. The van der Waals surface area contributed by atoms with Crippen molar-refractivity contribution < 1.29 is 22.7 Å². The van der Waals surface area contributed by atoms with Gasteiger partial charge in [-0.05, 0) is 30.3 Å². The second-order valence-corrected chi connectivity index (χ2v) is 6.22. The molecule has 0 atom stereocenters. The molecule has 0 aliphatic rings. The number of carbonyl (C=O) groups is 1. The number of para-hydroxylation sites is 1. The summed E-state index contributed by atoms with van der Waals surface area (Å²) < 4.78 is 39.2. The van der Waals surface area contributed by atoms with Crippen molar-refractivity contribution in [2.24, 2.45) is 0 Å². The molecule has 0 aliphatic heterocycles. The molecule has 0 unspecified atom stereocenters. The van der Waals surface area contributed by atoms with E-state index in [1.807, 2.05) is 0 Å². The van der Waals surface area contributed by atoms with Crippen molar-refractivity contribution in [3.63, 3.8) is 0 Å². The van der Waals surface area contributed by atoms with Crippen LogP contribution in [0.3, 0.4) is 0 Å². The van der Waals surface area contributed by atoms with Crippen LogP contribution in [-0.2, 0) is 10.0 Å². The highest BCUT2D eigenvalue weighted by molar-refractivity contribution is 7.92. The number of hydrogen-bond donors (Lipinski definition) is 1. The van der Waals surface area contributed by atoms with Gasteiger partial charge in [-0.15, -0.1) is 0 Å². The van der Waals surface area contributed by atoms with E-state index in [1.54, 1.807) is 30.3 Å². The Bertz CT molecular complexity index is 775. The van der Waals surface area contributed by atoms with Crippen molar-refractivity contribution in [3.05, 3.63) is 59.9 Å². The molecular formula is C14H12FNO4S. The number of benzene rings is 2. The van der Waals surface area contributed by atoms with Crippen LogP contribution in [0.25, 0.3) is 0 Å². The van der Waals surface area contributed by atoms with Crippen LogP contribution in [0, 0.1) is 5.82 Å². The summed E-state index contributed by atoms with van der Waals surface area (Å²) in [5, 5.41) is 8.86. The number of anilines is 1. The molecule has 0 aromatic heterocycles. The maximum absolute atomic E-state index is 13.3. The van der Waals surface area contributed by atoms with Gasteiger partial charge in [0.05, 0.1) is 16.1 Å². The lowest BCUT2D eigenvalue weighted by molar-refractivity contribution is 0.0691. The first kappa shape index (κ1) is 15.0. The molecule has 5 nitrogen and oxygen atoms in total. The van der Waals surface area contributed by atoms with Crippen molar-refractivity contribution >= 4 is 21.7 Å². The van der Waals surface area contributed by atoms with Gasteiger partial charge in [-0.25, -0.2) is 17.6 Å². The first-order chi connectivity index (χ1) is 9.84. The number of nitrogens with zero attached hydrogens (tertiary/aromatic N) is 1. The van der Waals surface area contributed by atoms with Gasteiger partial charge in [-0.1, -0.05) is 18.2 Å². The largest absolute Gasteiger partial charge is 0.478 e. The van der Waals surface area contributed by atoms with E-state index in [2.05, 4.69) is 0 Å². The predicted octanol–water partition coefficient (Wildman–Crippen LogP) is 2.35. The molecule has 2 aromatic carbocycles. The number of rotatable bonds is 4. The van der Waals surface area contributed by atoms with E-state index in [-0.39, 0.29) is 4.90 Å². The molecule has 0 saturated heterocycles. The summed E-state index contributed by atoms with van der Waals surface area (Å²) >= 11 is 0. The Morgan fingerprint density at radius 2 is 1.76 bits per heavy atom. The summed E-state index contributed by atoms with van der Waals surface area (Å²) in [6, 6.07) is 11.0. The maximum atomic E-state index is 13.3. The SMILES string of the molecule is CN(c1ccccc1)S(=O)(=O)c1ccc(F)c(C(=O)O)c1. The first-order valence-electron chi connectivity index (χ1n) is 5.91. The van der Waals surface area contributed by atoms with Crippen molar-refractivity contribution in [2.45, 2.75) is 4.90 Å². The van der Waals surface area contributed by atoms with Gasteiger partial charge in [0, 0.05) is 7.05 Å². The number of carboxylic acids is 1. The third kappa shape index (κ3) is 2.87. The van der Waals surface area contributed by atoms with Gasteiger partial charge in [0.1, 0.15) is 5.82 Å². The molecule has 7 heteroatoms. The van der Waals surface area contributed by atoms with Crippen LogP contribution in [-0.4, -0.2) is 26.5 Å². The average molecular weight is 309 g/mol. The maximum Gasteiger partial charge on any atom is 0.338 e. The molecule has 0 amide bonds. The van der Waals surface area contributed by atoms with Crippen molar-refractivity contribution in [1.82, 2.24) is 0 Å². The van der Waals surface area contributed by atoms with Gasteiger partial charge < -0.3 is 5.11 Å². The number of carboxylic acid groups (broad SMARTS) is 1. The molecule has 21 heavy (non-hydrogen) atoms. The summed E-state index contributed by atoms with van der Waals surface area (Å²) in [6.07, 6.45) is 0. The Balaban J connectivity index is 2.50. The van der Waals surface area contributed by atoms with Gasteiger partial charge in [-0.2, -0.15) is 0 Å². The lowest BCUT2D eigenvalue weighted by Gasteiger charge is -2.19. The first-order valence-corrected chi connectivity index (χ1v) is 7.35. The molecule has 110 valence electrons. The summed E-state index contributed by atoms with van der Waals surface area (Å²) in [5.74, 6) is -2.50. The topological polar surface area (TPSA) is 74.7 Å². The lowest BCUT2D eigenvalue weighted by Crippen LogP contribution is -2.26. The minimum Gasteiger partial charge on any atom is -0.478 e. The van der Waals surface area contributed by atoms with Crippen LogP contribution in [0.2, 0.25) is 0 Å². The molecule has 0 bridgehead atoms. The second kappa shape index (κ2) is 5.53. The molecule has 0 heterocycles. The number of halogens is 1. The van der Waals surface area contributed by atoms with Crippen LogP contribution in [0.5, 0.6) is 0 Å². The Kier molecular flexibility index (Phi) is 3.95. The molecular weight excluding hydrogens is 297 g/mol. The van der Waals surface area contributed by atoms with E-state index in [9.17, 15) is 17.6 Å². The molecule has 0 saturated carbocycles. The van der Waals surface area contributed by atoms with Crippen LogP contribution in [0.4, 0.5) is 10.1 Å². The highest BCUT2D eigenvalue weighted by Gasteiger charge is 2.23. The van der Waals surface area contributed by atoms with Crippen LogP contribution in [0.1, 0.15) is 10.4 Å². The summed E-state index contributed by atoms with van der Waals surface area (Å²) in [4.78, 5) is 10.6. The van der Waals surface area contributed by atoms with E-state index < -0.39 is 27.4 Å². The minimum atomic E-state index is -3.96. The van der Waals surface area contributed by atoms with Gasteiger partial charge in [-0.3, -0.25) is 4.31 Å². The standard InChI is InChI=1S/C14H12FNO4S/c1-16(10-5-3-2-4-6-10)21(19,20)11-7-8-13(15)12(9-11)14(17)18/h2-9H,1H3,(H,17,18). The average Bonchev–Trinajstić information content (AvgIpc) is 2.47. The zero-order valence-electron chi connectivity index (χ0n) is 11.0. The predicted molar refractivity (Wildman–Crippen MR) is 75.4 cm³/mol. The highest BCUT2D eigenvalue weighted by Crippen LogP contribution is 2.23. The molecule has 2 rings (SSSR count). The van der Waals surface area contributed by atoms with E-state index in [1.165, 1.54) is 7.05 Å². The van der Waals surface area contributed by atoms with Crippen LogP contribution < -0.4 is 4.31 Å². The summed E-state index contributed by atoms with van der Waals surface area (Å²) in [6.45, 7) is 0. The molecule has 2 aromatic rings. The zero-order valence-corrected chi connectivity index (χ0v) is 11.8. The Labute approximate surface area is 121 Å². The monoisotopic (exact) mass is 309 g/mol. The Morgan fingerprint density at radius 1 is 1.14 bits per heavy atom. The van der Waals surface area contributed by atoms with E-state index in [4.69, 9.17) is 5.11 Å². The fourth-order valence-corrected chi connectivity index (χ4v) is 2.99. The van der Waals surface area contributed by atoms with Gasteiger partial charge in [0.2, 0.25) is 0 Å². The van der Waals surface area contributed by atoms with E-state index >= 15 is 0 Å². The normalized spacial score (nSPS) is 11.1. The number of hydrogen-bond acceptors (Lipinski definition) is 3. The lowest BCUT2D eigenvalue weighted by atomic mass is 10.2. The fraction of sp³-hybridized carbons (Fsp3) is 0.0714. The van der Waals surface area contributed by atoms with Gasteiger partial charge in [0.15, 0.2) is 0 Å². The van der Waals surface area contributed by atoms with Crippen molar-refractivity contribution in [2.75, 3.05) is 11.4 Å². The minimum absolute atomic E-state index is 0.285. The van der Waals surface area contributed by atoms with Gasteiger partial charge >= 0.3 is 5.97 Å². The molecule has 0 radical (unpaired) electrons. The fourth-order valence-electron chi connectivity index (χ4n) is 1.76. The van der Waals surface area contributed by atoms with E-state index in [0.717, 1.165) is 22.5 Å². The third-order valence-electron chi connectivity index (χ3n) is 2.95. The summed E-state index contributed by atoms with van der Waals surface area (Å²) in [7, 11) is -2.62.